The second-order valence-corrected chi connectivity index (χ2v) is 6.21. The Hall–Kier alpha value is -2.64. The Morgan fingerprint density at radius 1 is 1.26 bits per heavy atom. The van der Waals surface area contributed by atoms with E-state index in [9.17, 15) is 4.79 Å². The van der Waals surface area contributed by atoms with Crippen molar-refractivity contribution in [2.45, 2.75) is 32.4 Å². The molecule has 27 heavy (non-hydrogen) atoms. The molecule has 2 N–H and O–H groups in total. The summed E-state index contributed by atoms with van der Waals surface area (Å²) >= 11 is 0. The van der Waals surface area contributed by atoms with E-state index in [4.69, 9.17) is 14.2 Å². The minimum Gasteiger partial charge on any atom is -0.497 e. The van der Waals surface area contributed by atoms with Crippen molar-refractivity contribution in [1.29, 1.82) is 0 Å². The van der Waals surface area contributed by atoms with E-state index in [2.05, 4.69) is 15.6 Å². The van der Waals surface area contributed by atoms with Gasteiger partial charge in [-0.2, -0.15) is 0 Å². The highest BCUT2D eigenvalue weighted by atomic mass is 16.6. The highest BCUT2D eigenvalue weighted by Gasteiger charge is 2.24. The summed E-state index contributed by atoms with van der Waals surface area (Å²) in [6.45, 7) is 4.16. The van der Waals surface area contributed by atoms with E-state index in [0.29, 0.717) is 26.2 Å². The third-order valence-electron chi connectivity index (χ3n) is 4.53. The van der Waals surface area contributed by atoms with Gasteiger partial charge in [-0.3, -0.25) is 4.99 Å². The largest absolute Gasteiger partial charge is 0.497 e. The number of ether oxygens (including phenoxy) is 3. The number of benzene rings is 1. The van der Waals surface area contributed by atoms with Crippen LogP contribution in [0.25, 0.3) is 0 Å². The smallest absolute Gasteiger partial charge is 0.409 e. The highest BCUT2D eigenvalue weighted by molar-refractivity contribution is 5.80. The van der Waals surface area contributed by atoms with Gasteiger partial charge in [0.25, 0.3) is 0 Å². The molecule has 1 saturated heterocycles. The molecular weight excluding hydrogens is 348 g/mol. The lowest BCUT2D eigenvalue weighted by molar-refractivity contribution is 0.0963. The van der Waals surface area contributed by atoms with E-state index < -0.39 is 0 Å². The van der Waals surface area contributed by atoms with Crippen molar-refractivity contribution in [1.82, 2.24) is 15.5 Å². The molecule has 0 saturated carbocycles. The first kappa shape index (κ1) is 20.7. The number of hydrogen-bond donors (Lipinski definition) is 2. The molecule has 8 heteroatoms. The van der Waals surface area contributed by atoms with Gasteiger partial charge in [0, 0.05) is 44.4 Å². The van der Waals surface area contributed by atoms with Crippen LogP contribution in [0.1, 0.15) is 25.3 Å². The van der Waals surface area contributed by atoms with Gasteiger partial charge in [-0.15, -0.1) is 0 Å². The van der Waals surface area contributed by atoms with Crippen LogP contribution in [-0.2, 0) is 11.3 Å². The van der Waals surface area contributed by atoms with Gasteiger partial charge in [-0.05, 0) is 31.9 Å². The summed E-state index contributed by atoms with van der Waals surface area (Å²) in [7, 11) is 5.02. The first-order valence-corrected chi connectivity index (χ1v) is 9.21. The molecule has 0 aromatic heterocycles. The number of nitrogens with zero attached hydrogens (tertiary/aromatic N) is 2. The molecule has 1 aromatic rings. The maximum Gasteiger partial charge on any atom is 0.409 e. The van der Waals surface area contributed by atoms with Crippen LogP contribution in [0.4, 0.5) is 4.79 Å². The first-order valence-electron chi connectivity index (χ1n) is 9.21. The van der Waals surface area contributed by atoms with Crippen LogP contribution in [0, 0.1) is 0 Å². The number of aliphatic imine (C=N–C) groups is 1. The molecule has 0 unspecified atom stereocenters. The Kier molecular flexibility index (Phi) is 8.03. The van der Waals surface area contributed by atoms with E-state index in [0.717, 1.165) is 35.9 Å². The summed E-state index contributed by atoms with van der Waals surface area (Å²) in [5, 5.41) is 6.73. The van der Waals surface area contributed by atoms with Gasteiger partial charge in [0.15, 0.2) is 5.96 Å². The van der Waals surface area contributed by atoms with Crippen molar-refractivity contribution in [3.8, 4) is 11.5 Å². The molecule has 0 aliphatic carbocycles. The molecule has 150 valence electrons. The lowest BCUT2D eigenvalue weighted by atomic mass is 10.1. The number of carbonyl (C=O) groups excluding carboxylic acids is 1. The number of guanidine groups is 1. The molecule has 1 fully saturated rings. The molecule has 1 aliphatic heterocycles. The van der Waals surface area contributed by atoms with Crippen molar-refractivity contribution in [2.75, 3.05) is 41.0 Å². The SMILES string of the molecule is CCOC(=O)N1CCC(NC(=NC)NCc2ccc(OC)cc2OC)CC1. The number of piperidine rings is 1. The molecule has 0 bridgehead atoms. The van der Waals surface area contributed by atoms with E-state index in [-0.39, 0.29) is 12.1 Å². The molecule has 0 atom stereocenters. The predicted octanol–water partition coefficient (Wildman–Crippen LogP) is 1.99. The number of likely N-dealkylation sites (tertiary alicyclic amines) is 1. The van der Waals surface area contributed by atoms with Gasteiger partial charge in [0.05, 0.1) is 20.8 Å². The predicted molar refractivity (Wildman–Crippen MR) is 104 cm³/mol. The Balaban J connectivity index is 1.84. The molecule has 8 nitrogen and oxygen atoms in total. The average molecular weight is 378 g/mol. The normalized spacial score (nSPS) is 15.3. The van der Waals surface area contributed by atoms with Crippen molar-refractivity contribution >= 4 is 12.1 Å². The number of methoxy groups -OCH3 is 2. The number of carbonyl (C=O) groups is 1. The van der Waals surface area contributed by atoms with Crippen LogP contribution >= 0.6 is 0 Å². The zero-order valence-electron chi connectivity index (χ0n) is 16.6. The Bertz CT molecular complexity index is 643. The topological polar surface area (TPSA) is 84.4 Å². The van der Waals surface area contributed by atoms with Crippen LogP contribution in [0.3, 0.4) is 0 Å². The molecule has 1 aromatic carbocycles. The quantitative estimate of drug-likeness (QED) is 0.582. The average Bonchev–Trinajstić information content (AvgIpc) is 2.71. The number of nitrogens with one attached hydrogen (secondary N) is 2. The van der Waals surface area contributed by atoms with Crippen LogP contribution in [0.5, 0.6) is 11.5 Å². The maximum absolute atomic E-state index is 11.8. The minimum absolute atomic E-state index is 0.231. The number of hydrogen-bond acceptors (Lipinski definition) is 5. The van der Waals surface area contributed by atoms with Crippen molar-refractivity contribution < 1.29 is 19.0 Å². The summed E-state index contributed by atoms with van der Waals surface area (Å²) < 4.78 is 15.7. The summed E-state index contributed by atoms with van der Waals surface area (Å²) in [5.74, 6) is 2.24. The van der Waals surface area contributed by atoms with Gasteiger partial charge >= 0.3 is 6.09 Å². The first-order chi connectivity index (χ1) is 13.1. The second-order valence-electron chi connectivity index (χ2n) is 6.21. The molecule has 0 radical (unpaired) electrons. The summed E-state index contributed by atoms with van der Waals surface area (Å²) in [6, 6.07) is 5.99. The van der Waals surface area contributed by atoms with E-state index >= 15 is 0 Å². The van der Waals surface area contributed by atoms with Crippen molar-refractivity contribution in [3.63, 3.8) is 0 Å². The van der Waals surface area contributed by atoms with Gasteiger partial charge in [0.1, 0.15) is 11.5 Å². The van der Waals surface area contributed by atoms with E-state index in [1.165, 1.54) is 0 Å². The van der Waals surface area contributed by atoms with Crippen LogP contribution in [0.2, 0.25) is 0 Å². The maximum atomic E-state index is 11.8. The standard InChI is InChI=1S/C19H30N4O4/c1-5-27-19(24)23-10-8-15(9-11-23)22-18(20-2)21-13-14-6-7-16(25-3)12-17(14)26-4/h6-7,12,15H,5,8-11,13H2,1-4H3,(H2,20,21,22). The Morgan fingerprint density at radius 3 is 2.59 bits per heavy atom. The van der Waals surface area contributed by atoms with Crippen LogP contribution < -0.4 is 20.1 Å². The lowest BCUT2D eigenvalue weighted by Gasteiger charge is -2.32. The zero-order chi connectivity index (χ0) is 19.6. The summed E-state index contributed by atoms with van der Waals surface area (Å²) in [6.07, 6.45) is 1.47. The fourth-order valence-corrected chi connectivity index (χ4v) is 2.99. The molecule has 0 spiro atoms. The molecule has 1 aliphatic rings. The Labute approximate surface area is 160 Å². The van der Waals surface area contributed by atoms with Crippen molar-refractivity contribution in [3.05, 3.63) is 23.8 Å². The zero-order valence-corrected chi connectivity index (χ0v) is 16.6. The molecule has 1 heterocycles. The van der Waals surface area contributed by atoms with Gasteiger partial charge in [-0.25, -0.2) is 4.79 Å². The van der Waals surface area contributed by atoms with E-state index in [1.54, 1.807) is 26.2 Å². The molecule has 1 amide bonds. The molecular formula is C19H30N4O4. The van der Waals surface area contributed by atoms with Crippen LogP contribution in [0.15, 0.2) is 23.2 Å². The van der Waals surface area contributed by atoms with Gasteiger partial charge in [-0.1, -0.05) is 0 Å². The van der Waals surface area contributed by atoms with Gasteiger partial charge < -0.3 is 29.7 Å². The summed E-state index contributed by atoms with van der Waals surface area (Å²) in [4.78, 5) is 17.8. The minimum atomic E-state index is -0.231. The fraction of sp³-hybridized carbons (Fsp3) is 0.579. The number of amides is 1. The highest BCUT2D eigenvalue weighted by Crippen LogP contribution is 2.24. The monoisotopic (exact) mass is 378 g/mol. The van der Waals surface area contributed by atoms with Crippen molar-refractivity contribution in [2.24, 2.45) is 4.99 Å². The lowest BCUT2D eigenvalue weighted by Crippen LogP contribution is -2.49. The van der Waals surface area contributed by atoms with Crippen LogP contribution in [-0.4, -0.2) is 64.0 Å². The third-order valence-corrected chi connectivity index (χ3v) is 4.53. The fourth-order valence-electron chi connectivity index (χ4n) is 2.99. The number of rotatable bonds is 6. The molecule has 2 rings (SSSR count). The van der Waals surface area contributed by atoms with E-state index in [1.807, 2.05) is 25.1 Å². The second kappa shape index (κ2) is 10.5. The van der Waals surface area contributed by atoms with Gasteiger partial charge in [0.2, 0.25) is 0 Å². The third kappa shape index (κ3) is 5.94. The summed E-state index contributed by atoms with van der Waals surface area (Å²) in [5.41, 5.74) is 1.01. The Morgan fingerprint density at radius 2 is 2.00 bits per heavy atom.